The van der Waals surface area contributed by atoms with Crippen molar-refractivity contribution >= 4 is 11.0 Å². The first-order valence-corrected chi connectivity index (χ1v) is 5.45. The van der Waals surface area contributed by atoms with Crippen molar-refractivity contribution in [2.24, 2.45) is 0 Å². The SMILES string of the molecule is COc1cccc2c1ncn2-c1ccccc1. The molecule has 3 heteroatoms. The average molecular weight is 224 g/mol. The molecule has 0 unspecified atom stereocenters. The van der Waals surface area contributed by atoms with E-state index in [4.69, 9.17) is 4.74 Å². The number of fused-ring (bicyclic) bond motifs is 1. The monoisotopic (exact) mass is 224 g/mol. The third-order valence-corrected chi connectivity index (χ3v) is 2.79. The van der Waals surface area contributed by atoms with Gasteiger partial charge in [-0.05, 0) is 24.3 Å². The number of nitrogens with zero attached hydrogens (tertiary/aromatic N) is 2. The van der Waals surface area contributed by atoms with Crippen LogP contribution < -0.4 is 4.74 Å². The molecule has 0 aliphatic carbocycles. The first kappa shape index (κ1) is 9.90. The standard InChI is InChI=1S/C14H12N2O/c1-17-13-9-5-8-12-14(13)15-10-16(12)11-6-3-2-4-7-11/h2-10H,1H3. The van der Waals surface area contributed by atoms with Crippen molar-refractivity contribution in [2.75, 3.05) is 7.11 Å². The lowest BCUT2D eigenvalue weighted by Gasteiger charge is -2.04. The van der Waals surface area contributed by atoms with E-state index in [-0.39, 0.29) is 0 Å². The number of methoxy groups -OCH3 is 1. The Morgan fingerprint density at radius 2 is 1.82 bits per heavy atom. The van der Waals surface area contributed by atoms with Gasteiger partial charge in [0.25, 0.3) is 0 Å². The van der Waals surface area contributed by atoms with Crippen molar-refractivity contribution < 1.29 is 4.74 Å². The van der Waals surface area contributed by atoms with E-state index in [0.29, 0.717) is 0 Å². The number of hydrogen-bond donors (Lipinski definition) is 0. The van der Waals surface area contributed by atoms with Crippen molar-refractivity contribution in [1.82, 2.24) is 9.55 Å². The van der Waals surface area contributed by atoms with Gasteiger partial charge in [-0.3, -0.25) is 4.57 Å². The fourth-order valence-corrected chi connectivity index (χ4v) is 1.97. The summed E-state index contributed by atoms with van der Waals surface area (Å²) >= 11 is 0. The fourth-order valence-electron chi connectivity index (χ4n) is 1.97. The molecule has 3 nitrogen and oxygen atoms in total. The summed E-state index contributed by atoms with van der Waals surface area (Å²) in [5, 5.41) is 0. The van der Waals surface area contributed by atoms with Gasteiger partial charge in [0.15, 0.2) is 0 Å². The molecule has 0 saturated carbocycles. The maximum absolute atomic E-state index is 5.30. The first-order valence-electron chi connectivity index (χ1n) is 5.45. The minimum Gasteiger partial charge on any atom is -0.494 e. The number of hydrogen-bond acceptors (Lipinski definition) is 2. The normalized spacial score (nSPS) is 10.6. The smallest absolute Gasteiger partial charge is 0.146 e. The van der Waals surface area contributed by atoms with E-state index in [0.717, 1.165) is 22.5 Å². The van der Waals surface area contributed by atoms with Gasteiger partial charge in [-0.1, -0.05) is 24.3 Å². The molecule has 2 aromatic carbocycles. The minimum absolute atomic E-state index is 0.803. The molecule has 1 heterocycles. The number of ether oxygens (including phenoxy) is 1. The summed E-state index contributed by atoms with van der Waals surface area (Å²) in [6.45, 7) is 0. The average Bonchev–Trinajstić information content (AvgIpc) is 2.83. The van der Waals surface area contributed by atoms with Crippen LogP contribution in [0, 0.1) is 0 Å². The van der Waals surface area contributed by atoms with Crippen LogP contribution in [0.15, 0.2) is 54.9 Å². The molecule has 0 amide bonds. The predicted molar refractivity (Wildman–Crippen MR) is 67.6 cm³/mol. The van der Waals surface area contributed by atoms with Crippen LogP contribution in [0.4, 0.5) is 0 Å². The second kappa shape index (κ2) is 3.94. The van der Waals surface area contributed by atoms with E-state index < -0.39 is 0 Å². The van der Waals surface area contributed by atoms with Crippen LogP contribution in [-0.2, 0) is 0 Å². The highest BCUT2D eigenvalue weighted by atomic mass is 16.5. The summed E-state index contributed by atoms with van der Waals surface area (Å²) in [7, 11) is 1.66. The van der Waals surface area contributed by atoms with Gasteiger partial charge in [-0.25, -0.2) is 4.98 Å². The maximum Gasteiger partial charge on any atom is 0.146 e. The lowest BCUT2D eigenvalue weighted by atomic mass is 10.2. The van der Waals surface area contributed by atoms with E-state index >= 15 is 0 Å². The van der Waals surface area contributed by atoms with Gasteiger partial charge >= 0.3 is 0 Å². The summed E-state index contributed by atoms with van der Waals surface area (Å²) in [6, 6.07) is 16.1. The molecule has 0 radical (unpaired) electrons. The number of aromatic nitrogens is 2. The molecule has 3 aromatic rings. The highest BCUT2D eigenvalue weighted by Gasteiger charge is 2.07. The Kier molecular flexibility index (Phi) is 2.29. The first-order chi connectivity index (χ1) is 8.40. The van der Waals surface area contributed by atoms with Crippen molar-refractivity contribution in [3.8, 4) is 11.4 Å². The summed E-state index contributed by atoms with van der Waals surface area (Å²) in [4.78, 5) is 4.40. The van der Waals surface area contributed by atoms with E-state index in [9.17, 15) is 0 Å². The number of rotatable bonds is 2. The molecule has 0 N–H and O–H groups in total. The van der Waals surface area contributed by atoms with E-state index in [1.165, 1.54) is 0 Å². The van der Waals surface area contributed by atoms with Crippen LogP contribution in [0.3, 0.4) is 0 Å². The van der Waals surface area contributed by atoms with Gasteiger partial charge < -0.3 is 4.74 Å². The molecule has 0 fully saturated rings. The van der Waals surface area contributed by atoms with Gasteiger partial charge in [0.05, 0.1) is 12.6 Å². The molecule has 0 aliphatic rings. The summed E-state index contributed by atoms with van der Waals surface area (Å²) < 4.78 is 7.35. The molecule has 0 saturated heterocycles. The lowest BCUT2D eigenvalue weighted by Crippen LogP contribution is -1.91. The summed E-state index contributed by atoms with van der Waals surface area (Å²) in [5.41, 5.74) is 3.04. The van der Waals surface area contributed by atoms with Gasteiger partial charge in [0.1, 0.15) is 17.6 Å². The van der Waals surface area contributed by atoms with Crippen LogP contribution in [0.1, 0.15) is 0 Å². The highest BCUT2D eigenvalue weighted by molar-refractivity contribution is 5.83. The number of para-hydroxylation sites is 2. The topological polar surface area (TPSA) is 27.1 Å². The third-order valence-electron chi connectivity index (χ3n) is 2.79. The molecule has 0 atom stereocenters. The van der Waals surface area contributed by atoms with Gasteiger partial charge in [0.2, 0.25) is 0 Å². The Labute approximate surface area is 99.3 Å². The molecule has 1 aromatic heterocycles. The Morgan fingerprint density at radius 3 is 2.59 bits per heavy atom. The molecule has 84 valence electrons. The van der Waals surface area contributed by atoms with Gasteiger partial charge in [-0.15, -0.1) is 0 Å². The number of benzene rings is 2. The molecule has 17 heavy (non-hydrogen) atoms. The van der Waals surface area contributed by atoms with Crippen LogP contribution in [0.2, 0.25) is 0 Å². The largest absolute Gasteiger partial charge is 0.494 e. The molecule has 0 bridgehead atoms. The van der Waals surface area contributed by atoms with Crippen LogP contribution >= 0.6 is 0 Å². The highest BCUT2D eigenvalue weighted by Crippen LogP contribution is 2.25. The molecular weight excluding hydrogens is 212 g/mol. The fraction of sp³-hybridized carbons (Fsp3) is 0.0714. The Bertz CT molecular complexity index is 644. The van der Waals surface area contributed by atoms with E-state index in [1.807, 2.05) is 42.7 Å². The molecule has 0 aliphatic heterocycles. The second-order valence-electron chi connectivity index (χ2n) is 3.78. The Hall–Kier alpha value is -2.29. The van der Waals surface area contributed by atoms with Crippen molar-refractivity contribution in [3.05, 3.63) is 54.9 Å². The minimum atomic E-state index is 0.803. The van der Waals surface area contributed by atoms with Gasteiger partial charge in [-0.2, -0.15) is 0 Å². The second-order valence-corrected chi connectivity index (χ2v) is 3.78. The molecule has 0 spiro atoms. The quantitative estimate of drug-likeness (QED) is 0.669. The van der Waals surface area contributed by atoms with Crippen LogP contribution in [-0.4, -0.2) is 16.7 Å². The van der Waals surface area contributed by atoms with E-state index in [1.54, 1.807) is 7.11 Å². The van der Waals surface area contributed by atoms with Crippen molar-refractivity contribution in [2.45, 2.75) is 0 Å². The summed E-state index contributed by atoms with van der Waals surface area (Å²) in [5.74, 6) is 0.803. The lowest BCUT2D eigenvalue weighted by molar-refractivity contribution is 0.419. The van der Waals surface area contributed by atoms with Crippen LogP contribution in [0.25, 0.3) is 16.7 Å². The van der Waals surface area contributed by atoms with Crippen LogP contribution in [0.5, 0.6) is 5.75 Å². The van der Waals surface area contributed by atoms with Gasteiger partial charge in [0, 0.05) is 5.69 Å². The zero-order valence-electron chi connectivity index (χ0n) is 9.50. The molecule has 3 rings (SSSR count). The molecular formula is C14H12N2O. The number of imidazole rings is 1. The Morgan fingerprint density at radius 1 is 1.00 bits per heavy atom. The summed E-state index contributed by atoms with van der Waals surface area (Å²) in [6.07, 6.45) is 1.82. The zero-order valence-corrected chi connectivity index (χ0v) is 9.50. The van der Waals surface area contributed by atoms with Crippen molar-refractivity contribution in [3.63, 3.8) is 0 Å². The van der Waals surface area contributed by atoms with E-state index in [2.05, 4.69) is 21.7 Å². The maximum atomic E-state index is 5.30. The zero-order chi connectivity index (χ0) is 11.7. The van der Waals surface area contributed by atoms with Crippen molar-refractivity contribution in [1.29, 1.82) is 0 Å². The predicted octanol–water partition coefficient (Wildman–Crippen LogP) is 3.03. The Balaban J connectivity index is 2.26. The third kappa shape index (κ3) is 1.56.